The standard InChI is InChI=1S/C14H12N4OS/c1-8-11(9(2)19-17-8)7-18-12-5-3-4-10(6-15)13(12)16-14(18)20/h3-5H,7H2,1-2H3,(H,16,20). The van der Waals surface area contributed by atoms with E-state index in [0.29, 0.717) is 16.9 Å². The zero-order valence-electron chi connectivity index (χ0n) is 11.1. The van der Waals surface area contributed by atoms with Crippen molar-refractivity contribution in [2.75, 3.05) is 0 Å². The predicted molar refractivity (Wildman–Crippen MR) is 76.9 cm³/mol. The first kappa shape index (κ1) is 12.6. The van der Waals surface area contributed by atoms with Crippen LogP contribution in [0.2, 0.25) is 0 Å². The van der Waals surface area contributed by atoms with Crippen molar-refractivity contribution >= 4 is 23.3 Å². The molecule has 3 aromatic rings. The van der Waals surface area contributed by atoms with Crippen LogP contribution in [-0.2, 0) is 6.54 Å². The van der Waals surface area contributed by atoms with Crippen molar-refractivity contribution in [3.8, 4) is 6.07 Å². The van der Waals surface area contributed by atoms with Crippen molar-refractivity contribution in [1.29, 1.82) is 5.26 Å². The van der Waals surface area contributed by atoms with E-state index in [1.54, 1.807) is 6.07 Å². The molecule has 0 aliphatic heterocycles. The summed E-state index contributed by atoms with van der Waals surface area (Å²) in [5, 5.41) is 13.1. The quantitative estimate of drug-likeness (QED) is 0.733. The number of aromatic nitrogens is 3. The second-order valence-corrected chi connectivity index (χ2v) is 5.02. The van der Waals surface area contributed by atoms with Crippen molar-refractivity contribution in [3.05, 3.63) is 45.6 Å². The van der Waals surface area contributed by atoms with Gasteiger partial charge in [0.1, 0.15) is 11.8 Å². The summed E-state index contributed by atoms with van der Waals surface area (Å²) in [7, 11) is 0. The summed E-state index contributed by atoms with van der Waals surface area (Å²) in [6, 6.07) is 7.74. The number of nitrogens with one attached hydrogen (secondary N) is 1. The van der Waals surface area contributed by atoms with Gasteiger partial charge in [-0.2, -0.15) is 5.26 Å². The third kappa shape index (κ3) is 1.84. The Morgan fingerprint density at radius 2 is 2.25 bits per heavy atom. The monoisotopic (exact) mass is 284 g/mol. The maximum Gasteiger partial charge on any atom is 0.178 e. The highest BCUT2D eigenvalue weighted by atomic mass is 32.1. The second-order valence-electron chi connectivity index (χ2n) is 4.63. The molecule has 0 saturated carbocycles. The molecule has 0 amide bonds. The molecule has 1 N–H and O–H groups in total. The Kier molecular flexibility index (Phi) is 2.92. The fourth-order valence-electron chi connectivity index (χ4n) is 2.32. The number of benzene rings is 1. The van der Waals surface area contributed by atoms with Crippen molar-refractivity contribution in [1.82, 2.24) is 14.7 Å². The van der Waals surface area contributed by atoms with Gasteiger partial charge in [0.25, 0.3) is 0 Å². The molecule has 100 valence electrons. The number of aryl methyl sites for hydroxylation is 2. The summed E-state index contributed by atoms with van der Waals surface area (Å²) >= 11 is 5.37. The van der Waals surface area contributed by atoms with E-state index in [0.717, 1.165) is 28.1 Å². The van der Waals surface area contributed by atoms with Crippen LogP contribution in [0.3, 0.4) is 0 Å². The average Bonchev–Trinajstić information content (AvgIpc) is 2.93. The summed E-state index contributed by atoms with van der Waals surface area (Å²) < 4.78 is 7.72. The number of aromatic amines is 1. The van der Waals surface area contributed by atoms with E-state index in [-0.39, 0.29) is 0 Å². The van der Waals surface area contributed by atoms with Crippen molar-refractivity contribution in [2.24, 2.45) is 0 Å². The Morgan fingerprint density at radius 1 is 1.45 bits per heavy atom. The lowest BCUT2D eigenvalue weighted by Crippen LogP contribution is -2.01. The summed E-state index contributed by atoms with van der Waals surface area (Å²) in [6.45, 7) is 4.37. The zero-order valence-corrected chi connectivity index (χ0v) is 11.9. The van der Waals surface area contributed by atoms with E-state index >= 15 is 0 Å². The molecular formula is C14H12N4OS. The first-order valence-electron chi connectivity index (χ1n) is 6.15. The number of hydrogen-bond donors (Lipinski definition) is 1. The molecule has 0 atom stereocenters. The highest BCUT2D eigenvalue weighted by molar-refractivity contribution is 7.71. The SMILES string of the molecule is Cc1noc(C)c1Cn1c(=S)[nH]c2c(C#N)cccc21. The Balaban J connectivity index is 2.21. The molecule has 1 aromatic carbocycles. The van der Waals surface area contributed by atoms with E-state index in [1.807, 2.05) is 30.5 Å². The van der Waals surface area contributed by atoms with Gasteiger partial charge in [0.15, 0.2) is 4.77 Å². The van der Waals surface area contributed by atoms with Gasteiger partial charge in [-0.1, -0.05) is 11.2 Å². The Bertz CT molecular complexity index is 875. The topological polar surface area (TPSA) is 70.5 Å². The van der Waals surface area contributed by atoms with Gasteiger partial charge < -0.3 is 14.1 Å². The van der Waals surface area contributed by atoms with Crippen LogP contribution in [0.25, 0.3) is 11.0 Å². The molecule has 0 radical (unpaired) electrons. The molecule has 3 rings (SSSR count). The minimum atomic E-state index is 0.578. The van der Waals surface area contributed by atoms with Gasteiger partial charge in [-0.15, -0.1) is 0 Å². The number of imidazole rings is 1. The van der Waals surface area contributed by atoms with E-state index < -0.39 is 0 Å². The Hall–Kier alpha value is -2.39. The van der Waals surface area contributed by atoms with E-state index in [9.17, 15) is 0 Å². The molecule has 0 unspecified atom stereocenters. The van der Waals surface area contributed by atoms with Crippen molar-refractivity contribution < 1.29 is 4.52 Å². The lowest BCUT2D eigenvalue weighted by molar-refractivity contribution is 0.392. The molecule has 20 heavy (non-hydrogen) atoms. The fraction of sp³-hybridized carbons (Fsp3) is 0.214. The zero-order chi connectivity index (χ0) is 14.3. The summed E-state index contributed by atoms with van der Waals surface area (Å²) in [6.07, 6.45) is 0. The minimum Gasteiger partial charge on any atom is -0.361 e. The van der Waals surface area contributed by atoms with Gasteiger partial charge in [0, 0.05) is 5.56 Å². The number of fused-ring (bicyclic) bond motifs is 1. The summed E-state index contributed by atoms with van der Waals surface area (Å²) in [4.78, 5) is 3.10. The van der Waals surface area contributed by atoms with E-state index in [2.05, 4.69) is 16.2 Å². The largest absolute Gasteiger partial charge is 0.361 e. The van der Waals surface area contributed by atoms with Crippen LogP contribution in [0.5, 0.6) is 0 Å². The Morgan fingerprint density at radius 3 is 2.90 bits per heavy atom. The fourth-order valence-corrected chi connectivity index (χ4v) is 2.58. The third-order valence-corrected chi connectivity index (χ3v) is 3.75. The number of hydrogen-bond acceptors (Lipinski definition) is 4. The smallest absolute Gasteiger partial charge is 0.178 e. The molecule has 2 aromatic heterocycles. The van der Waals surface area contributed by atoms with Crippen LogP contribution in [0, 0.1) is 29.9 Å². The molecule has 0 aliphatic carbocycles. The first-order chi connectivity index (χ1) is 9.61. The first-order valence-corrected chi connectivity index (χ1v) is 6.56. The Labute approximate surface area is 120 Å². The van der Waals surface area contributed by atoms with Gasteiger partial charge in [0.2, 0.25) is 0 Å². The summed E-state index contributed by atoms with van der Waals surface area (Å²) in [5.74, 6) is 0.787. The molecule has 2 heterocycles. The van der Waals surface area contributed by atoms with Gasteiger partial charge >= 0.3 is 0 Å². The number of nitrogens with zero attached hydrogens (tertiary/aromatic N) is 3. The number of rotatable bonds is 2. The van der Waals surface area contributed by atoms with Crippen LogP contribution in [0.15, 0.2) is 22.7 Å². The van der Waals surface area contributed by atoms with Crippen LogP contribution in [0.1, 0.15) is 22.6 Å². The average molecular weight is 284 g/mol. The molecular weight excluding hydrogens is 272 g/mol. The predicted octanol–water partition coefficient (Wildman–Crippen LogP) is 3.22. The van der Waals surface area contributed by atoms with Crippen LogP contribution in [0.4, 0.5) is 0 Å². The van der Waals surface area contributed by atoms with Gasteiger partial charge in [-0.3, -0.25) is 0 Å². The molecule has 0 aliphatic rings. The van der Waals surface area contributed by atoms with E-state index in [4.69, 9.17) is 22.0 Å². The van der Waals surface area contributed by atoms with Gasteiger partial charge in [0.05, 0.1) is 28.8 Å². The molecule has 0 bridgehead atoms. The molecule has 0 fully saturated rings. The normalized spacial score (nSPS) is 10.8. The molecule has 6 heteroatoms. The molecule has 0 spiro atoms. The number of nitriles is 1. The van der Waals surface area contributed by atoms with Crippen LogP contribution >= 0.6 is 12.2 Å². The third-order valence-electron chi connectivity index (χ3n) is 3.43. The molecule has 5 nitrogen and oxygen atoms in total. The highest BCUT2D eigenvalue weighted by Gasteiger charge is 2.13. The number of H-pyrrole nitrogens is 1. The maximum atomic E-state index is 9.14. The summed E-state index contributed by atoms with van der Waals surface area (Å²) in [5.41, 5.74) is 4.14. The minimum absolute atomic E-state index is 0.578. The van der Waals surface area contributed by atoms with Crippen molar-refractivity contribution in [2.45, 2.75) is 20.4 Å². The van der Waals surface area contributed by atoms with Crippen LogP contribution < -0.4 is 0 Å². The van der Waals surface area contributed by atoms with Gasteiger partial charge in [-0.05, 0) is 38.2 Å². The molecule has 0 saturated heterocycles. The maximum absolute atomic E-state index is 9.14. The second kappa shape index (κ2) is 4.62. The number of para-hydroxylation sites is 1. The lowest BCUT2D eigenvalue weighted by Gasteiger charge is -2.04. The lowest BCUT2D eigenvalue weighted by atomic mass is 10.2. The highest BCUT2D eigenvalue weighted by Crippen LogP contribution is 2.21. The van der Waals surface area contributed by atoms with E-state index in [1.165, 1.54) is 0 Å². The van der Waals surface area contributed by atoms with Crippen LogP contribution in [-0.4, -0.2) is 14.7 Å². The van der Waals surface area contributed by atoms with Gasteiger partial charge in [-0.25, -0.2) is 0 Å². The van der Waals surface area contributed by atoms with Crippen molar-refractivity contribution in [3.63, 3.8) is 0 Å².